The van der Waals surface area contributed by atoms with E-state index in [9.17, 15) is 0 Å². The van der Waals surface area contributed by atoms with E-state index < -0.39 is 0 Å². The number of benzene rings is 1. The average Bonchev–Trinajstić information content (AvgIpc) is 2.50. The lowest BCUT2D eigenvalue weighted by molar-refractivity contribution is 0.349. The second-order valence-electron chi connectivity index (χ2n) is 4.38. The van der Waals surface area contributed by atoms with Crippen LogP contribution in [0, 0.1) is 0 Å². The van der Waals surface area contributed by atoms with Crippen molar-refractivity contribution in [3.05, 3.63) is 59.7 Å². The van der Waals surface area contributed by atoms with E-state index in [1.807, 2.05) is 50.3 Å². The molecule has 0 aliphatic carbocycles. The first-order valence-electron chi connectivity index (χ1n) is 6.60. The molecule has 0 fully saturated rings. The van der Waals surface area contributed by atoms with Crippen molar-refractivity contribution in [2.75, 3.05) is 13.7 Å². The Kier molecular flexibility index (Phi) is 6.60. The standard InChI is InChI=1S/C17H23NO2/c1-5-7-14(13(3)6-2)12-20-17-9-8-16(19-4)10-15(17)11-18/h5-10H,2,11-12,18H2,1,3-4H3/b7-5-,14-13-. The quantitative estimate of drug-likeness (QED) is 0.772. The van der Waals surface area contributed by atoms with Crippen LogP contribution in [0.3, 0.4) is 0 Å². The zero-order valence-electron chi connectivity index (χ0n) is 12.5. The fourth-order valence-corrected chi connectivity index (χ4v) is 1.76. The number of hydrogen-bond donors (Lipinski definition) is 1. The van der Waals surface area contributed by atoms with Crippen LogP contribution in [-0.2, 0) is 6.54 Å². The predicted octanol–water partition coefficient (Wildman–Crippen LogP) is 3.61. The second kappa shape index (κ2) is 8.23. The minimum atomic E-state index is 0.412. The molecule has 0 radical (unpaired) electrons. The van der Waals surface area contributed by atoms with E-state index in [1.165, 1.54) is 0 Å². The van der Waals surface area contributed by atoms with Crippen molar-refractivity contribution in [2.45, 2.75) is 20.4 Å². The summed E-state index contributed by atoms with van der Waals surface area (Å²) >= 11 is 0. The van der Waals surface area contributed by atoms with Crippen molar-refractivity contribution < 1.29 is 9.47 Å². The Morgan fingerprint density at radius 1 is 1.40 bits per heavy atom. The van der Waals surface area contributed by atoms with Gasteiger partial charge in [-0.25, -0.2) is 0 Å². The molecule has 0 saturated heterocycles. The highest BCUT2D eigenvalue weighted by molar-refractivity contribution is 5.41. The lowest BCUT2D eigenvalue weighted by atomic mass is 10.1. The average molecular weight is 273 g/mol. The monoisotopic (exact) mass is 273 g/mol. The van der Waals surface area contributed by atoms with E-state index in [0.717, 1.165) is 28.2 Å². The number of rotatable bonds is 7. The van der Waals surface area contributed by atoms with Crippen LogP contribution in [0.25, 0.3) is 0 Å². The molecule has 0 aromatic heterocycles. The van der Waals surface area contributed by atoms with Gasteiger partial charge in [0.05, 0.1) is 7.11 Å². The van der Waals surface area contributed by atoms with E-state index in [4.69, 9.17) is 15.2 Å². The Morgan fingerprint density at radius 2 is 2.15 bits per heavy atom. The van der Waals surface area contributed by atoms with Crippen molar-refractivity contribution >= 4 is 0 Å². The maximum absolute atomic E-state index is 5.87. The number of allylic oxidation sites excluding steroid dienone is 3. The molecule has 0 bridgehead atoms. The topological polar surface area (TPSA) is 44.5 Å². The minimum absolute atomic E-state index is 0.412. The van der Waals surface area contributed by atoms with Crippen LogP contribution < -0.4 is 15.2 Å². The third kappa shape index (κ3) is 4.28. The molecule has 0 unspecified atom stereocenters. The summed E-state index contributed by atoms with van der Waals surface area (Å²) < 4.78 is 11.1. The van der Waals surface area contributed by atoms with Crippen molar-refractivity contribution in [1.29, 1.82) is 0 Å². The highest BCUT2D eigenvalue weighted by atomic mass is 16.5. The van der Waals surface area contributed by atoms with Gasteiger partial charge in [0, 0.05) is 12.1 Å². The molecule has 3 nitrogen and oxygen atoms in total. The molecule has 1 aromatic carbocycles. The Bertz CT molecular complexity index is 516. The predicted molar refractivity (Wildman–Crippen MR) is 84.1 cm³/mol. The zero-order valence-corrected chi connectivity index (χ0v) is 12.5. The lowest BCUT2D eigenvalue weighted by Crippen LogP contribution is -2.06. The Balaban J connectivity index is 2.91. The molecule has 3 heteroatoms. The molecule has 0 aliphatic heterocycles. The first-order chi connectivity index (χ1) is 9.65. The van der Waals surface area contributed by atoms with Crippen LogP contribution in [-0.4, -0.2) is 13.7 Å². The fraction of sp³-hybridized carbons (Fsp3) is 0.294. The number of nitrogens with two attached hydrogens (primary N) is 1. The SMILES string of the molecule is C=C/C(C)=C(/C=C\C)COc1ccc(OC)cc1CN. The lowest BCUT2D eigenvalue weighted by Gasteiger charge is -2.13. The van der Waals surface area contributed by atoms with Gasteiger partial charge in [-0.15, -0.1) is 0 Å². The molecular formula is C17H23NO2. The van der Waals surface area contributed by atoms with Crippen LogP contribution in [0.4, 0.5) is 0 Å². The van der Waals surface area contributed by atoms with Gasteiger partial charge in [-0.3, -0.25) is 0 Å². The first kappa shape index (κ1) is 16.1. The maximum Gasteiger partial charge on any atom is 0.124 e. The van der Waals surface area contributed by atoms with Gasteiger partial charge in [0.2, 0.25) is 0 Å². The molecule has 0 aliphatic rings. The minimum Gasteiger partial charge on any atom is -0.497 e. The number of ether oxygens (including phenoxy) is 2. The molecule has 1 rings (SSSR count). The van der Waals surface area contributed by atoms with Crippen LogP contribution in [0.15, 0.2) is 54.2 Å². The summed E-state index contributed by atoms with van der Waals surface area (Å²) in [6, 6.07) is 5.65. The smallest absolute Gasteiger partial charge is 0.124 e. The molecule has 1 aromatic rings. The van der Waals surface area contributed by atoms with E-state index in [-0.39, 0.29) is 0 Å². The van der Waals surface area contributed by atoms with Gasteiger partial charge in [-0.05, 0) is 43.2 Å². The number of methoxy groups -OCH3 is 1. The summed E-state index contributed by atoms with van der Waals surface area (Å²) in [5, 5.41) is 0. The van der Waals surface area contributed by atoms with Crippen molar-refractivity contribution in [3.63, 3.8) is 0 Å². The summed E-state index contributed by atoms with van der Waals surface area (Å²) in [5.41, 5.74) is 8.88. The molecule has 108 valence electrons. The molecule has 0 amide bonds. The van der Waals surface area contributed by atoms with E-state index in [0.29, 0.717) is 13.2 Å². The fourth-order valence-electron chi connectivity index (χ4n) is 1.76. The Hall–Kier alpha value is -2.00. The van der Waals surface area contributed by atoms with Gasteiger partial charge < -0.3 is 15.2 Å². The van der Waals surface area contributed by atoms with Crippen molar-refractivity contribution in [1.82, 2.24) is 0 Å². The van der Waals surface area contributed by atoms with Crippen LogP contribution in [0.1, 0.15) is 19.4 Å². The van der Waals surface area contributed by atoms with E-state index in [2.05, 4.69) is 6.58 Å². The Labute approximate surface area is 121 Å². The molecule has 0 saturated carbocycles. The molecule has 0 atom stereocenters. The van der Waals surface area contributed by atoms with E-state index in [1.54, 1.807) is 7.11 Å². The van der Waals surface area contributed by atoms with Crippen LogP contribution in [0.5, 0.6) is 11.5 Å². The maximum atomic E-state index is 5.87. The van der Waals surface area contributed by atoms with Crippen molar-refractivity contribution in [2.24, 2.45) is 5.73 Å². The third-order valence-electron chi connectivity index (χ3n) is 3.05. The molecule has 2 N–H and O–H groups in total. The van der Waals surface area contributed by atoms with Gasteiger partial charge in [-0.2, -0.15) is 0 Å². The van der Waals surface area contributed by atoms with E-state index >= 15 is 0 Å². The van der Waals surface area contributed by atoms with Gasteiger partial charge in [0.25, 0.3) is 0 Å². The molecule has 0 heterocycles. The zero-order chi connectivity index (χ0) is 15.0. The summed E-state index contributed by atoms with van der Waals surface area (Å²) in [6.45, 7) is 8.69. The molecule has 20 heavy (non-hydrogen) atoms. The number of hydrogen-bond acceptors (Lipinski definition) is 3. The van der Waals surface area contributed by atoms with Gasteiger partial charge in [0.1, 0.15) is 18.1 Å². The van der Waals surface area contributed by atoms with Gasteiger partial charge in [-0.1, -0.05) is 24.8 Å². The summed E-state index contributed by atoms with van der Waals surface area (Å²) in [6.07, 6.45) is 5.85. The summed E-state index contributed by atoms with van der Waals surface area (Å²) in [7, 11) is 1.64. The first-order valence-corrected chi connectivity index (χ1v) is 6.60. The van der Waals surface area contributed by atoms with Gasteiger partial charge >= 0.3 is 0 Å². The highest BCUT2D eigenvalue weighted by Crippen LogP contribution is 2.24. The molecular weight excluding hydrogens is 250 g/mol. The Morgan fingerprint density at radius 3 is 2.70 bits per heavy atom. The van der Waals surface area contributed by atoms with Crippen molar-refractivity contribution in [3.8, 4) is 11.5 Å². The normalized spacial score (nSPS) is 12.2. The van der Waals surface area contributed by atoms with Crippen LogP contribution >= 0.6 is 0 Å². The van der Waals surface area contributed by atoms with Crippen LogP contribution in [0.2, 0.25) is 0 Å². The molecule has 0 spiro atoms. The third-order valence-corrected chi connectivity index (χ3v) is 3.05. The summed E-state index contributed by atoms with van der Waals surface area (Å²) in [4.78, 5) is 0. The highest BCUT2D eigenvalue weighted by Gasteiger charge is 2.06. The van der Waals surface area contributed by atoms with Gasteiger partial charge in [0.15, 0.2) is 0 Å². The second-order valence-corrected chi connectivity index (χ2v) is 4.38. The largest absolute Gasteiger partial charge is 0.497 e. The summed E-state index contributed by atoms with van der Waals surface area (Å²) in [5.74, 6) is 1.57.